The summed E-state index contributed by atoms with van der Waals surface area (Å²) in [6.45, 7) is 10.3. The Morgan fingerprint density at radius 3 is 2.64 bits per heavy atom. The van der Waals surface area contributed by atoms with Crippen LogP contribution in [0.5, 0.6) is 0 Å². The van der Waals surface area contributed by atoms with Gasteiger partial charge in [0.15, 0.2) is 5.96 Å². The van der Waals surface area contributed by atoms with Gasteiger partial charge in [-0.15, -0.1) is 24.0 Å². The molecule has 5 heteroatoms. The first-order valence-electron chi connectivity index (χ1n) is 8.95. The third kappa shape index (κ3) is 6.60. The molecule has 22 heavy (non-hydrogen) atoms. The lowest BCUT2D eigenvalue weighted by molar-refractivity contribution is 0.158. The molecule has 0 aromatic rings. The molecule has 130 valence electrons. The molecule has 2 atom stereocenters. The Morgan fingerprint density at radius 1 is 1.09 bits per heavy atom. The fourth-order valence-corrected chi connectivity index (χ4v) is 3.61. The molecule has 2 heterocycles. The number of hydrogen-bond donors (Lipinski definition) is 1. The van der Waals surface area contributed by atoms with E-state index in [1.165, 1.54) is 51.6 Å². The number of piperidine rings is 2. The van der Waals surface area contributed by atoms with Gasteiger partial charge in [0.1, 0.15) is 0 Å². The number of aliphatic imine (C=N–C) groups is 1. The van der Waals surface area contributed by atoms with Crippen molar-refractivity contribution in [3.8, 4) is 0 Å². The van der Waals surface area contributed by atoms with Crippen molar-refractivity contribution in [3.63, 3.8) is 0 Å². The Morgan fingerprint density at radius 2 is 1.91 bits per heavy atom. The van der Waals surface area contributed by atoms with Crippen LogP contribution in [-0.2, 0) is 0 Å². The van der Waals surface area contributed by atoms with E-state index in [-0.39, 0.29) is 24.0 Å². The summed E-state index contributed by atoms with van der Waals surface area (Å²) < 4.78 is 0. The fraction of sp³-hybridized carbons (Fsp3) is 0.941. The summed E-state index contributed by atoms with van der Waals surface area (Å²) in [5.41, 5.74) is 6.12. The van der Waals surface area contributed by atoms with Gasteiger partial charge in [0.25, 0.3) is 0 Å². The van der Waals surface area contributed by atoms with E-state index < -0.39 is 0 Å². The number of nitrogens with zero attached hydrogens (tertiary/aromatic N) is 3. The lowest BCUT2D eigenvalue weighted by atomic mass is 10.0. The topological polar surface area (TPSA) is 44.9 Å². The predicted molar refractivity (Wildman–Crippen MR) is 106 cm³/mol. The molecule has 2 aliphatic heterocycles. The zero-order valence-corrected chi connectivity index (χ0v) is 16.8. The molecule has 0 aromatic carbocycles. The summed E-state index contributed by atoms with van der Waals surface area (Å²) in [6, 6.07) is 0.780. The third-order valence-corrected chi connectivity index (χ3v) is 5.05. The van der Waals surface area contributed by atoms with Crippen LogP contribution < -0.4 is 5.73 Å². The van der Waals surface area contributed by atoms with Crippen LogP contribution in [0.2, 0.25) is 0 Å². The molecule has 0 amide bonds. The first-order valence-corrected chi connectivity index (χ1v) is 8.95. The molecule has 4 nitrogen and oxygen atoms in total. The standard InChI is InChI=1S/C17H34N4.HI/c1-15-8-7-13-21(14-15)17(18)19-10-4-6-12-20-11-5-3-9-16(20)2;/h15-16H,3-14H2,1-2H3,(H2,18,19);1H. The number of unbranched alkanes of at least 4 members (excludes halogenated alkanes) is 1. The monoisotopic (exact) mass is 422 g/mol. The molecule has 2 fully saturated rings. The largest absolute Gasteiger partial charge is 0.370 e. The Balaban J connectivity index is 0.00000242. The van der Waals surface area contributed by atoms with Crippen LogP contribution in [0, 0.1) is 5.92 Å². The zero-order valence-electron chi connectivity index (χ0n) is 14.5. The van der Waals surface area contributed by atoms with Crippen molar-refractivity contribution in [2.24, 2.45) is 16.6 Å². The van der Waals surface area contributed by atoms with Crippen molar-refractivity contribution in [3.05, 3.63) is 0 Å². The second kappa shape index (κ2) is 10.7. The maximum Gasteiger partial charge on any atom is 0.191 e. The van der Waals surface area contributed by atoms with Crippen LogP contribution in [0.15, 0.2) is 4.99 Å². The number of halogens is 1. The van der Waals surface area contributed by atoms with Crippen molar-refractivity contribution >= 4 is 29.9 Å². The molecular formula is C17H35IN4. The summed E-state index contributed by atoms with van der Waals surface area (Å²) in [5, 5.41) is 0. The first-order chi connectivity index (χ1) is 10.2. The van der Waals surface area contributed by atoms with Gasteiger partial charge in [0.2, 0.25) is 0 Å². The average molecular weight is 422 g/mol. The zero-order chi connectivity index (χ0) is 15.1. The highest BCUT2D eigenvalue weighted by Crippen LogP contribution is 2.17. The van der Waals surface area contributed by atoms with E-state index in [2.05, 4.69) is 28.6 Å². The molecule has 2 aliphatic rings. The Hall–Kier alpha value is -0.0400. The minimum absolute atomic E-state index is 0. The van der Waals surface area contributed by atoms with E-state index in [4.69, 9.17) is 5.73 Å². The van der Waals surface area contributed by atoms with Gasteiger partial charge in [-0.25, -0.2) is 0 Å². The normalized spacial score (nSPS) is 27.5. The van der Waals surface area contributed by atoms with E-state index in [0.717, 1.165) is 44.0 Å². The Bertz CT molecular complexity index is 335. The summed E-state index contributed by atoms with van der Waals surface area (Å²) >= 11 is 0. The van der Waals surface area contributed by atoms with E-state index in [1.807, 2.05) is 0 Å². The maximum absolute atomic E-state index is 6.12. The maximum atomic E-state index is 6.12. The number of guanidine groups is 1. The molecule has 0 radical (unpaired) electrons. The Kier molecular flexibility index (Phi) is 9.71. The van der Waals surface area contributed by atoms with Crippen molar-refractivity contribution in [1.29, 1.82) is 0 Å². The molecule has 0 aromatic heterocycles. The van der Waals surface area contributed by atoms with Crippen LogP contribution in [0.25, 0.3) is 0 Å². The first kappa shape index (κ1) is 20.0. The average Bonchev–Trinajstić information content (AvgIpc) is 2.48. The van der Waals surface area contributed by atoms with Gasteiger partial charge in [-0.1, -0.05) is 13.3 Å². The van der Waals surface area contributed by atoms with Gasteiger partial charge in [-0.2, -0.15) is 0 Å². The van der Waals surface area contributed by atoms with Gasteiger partial charge in [0.05, 0.1) is 0 Å². The van der Waals surface area contributed by atoms with Crippen LogP contribution in [0.3, 0.4) is 0 Å². The number of rotatable bonds is 5. The fourth-order valence-electron chi connectivity index (χ4n) is 3.61. The molecule has 2 unspecified atom stereocenters. The van der Waals surface area contributed by atoms with Gasteiger partial charge in [0, 0.05) is 25.7 Å². The van der Waals surface area contributed by atoms with E-state index >= 15 is 0 Å². The molecule has 2 saturated heterocycles. The van der Waals surface area contributed by atoms with Gasteiger partial charge in [-0.05, 0) is 64.5 Å². The quantitative estimate of drug-likeness (QED) is 0.320. The van der Waals surface area contributed by atoms with Crippen LogP contribution in [-0.4, -0.2) is 54.5 Å². The smallest absolute Gasteiger partial charge is 0.191 e. The summed E-state index contributed by atoms with van der Waals surface area (Å²) in [7, 11) is 0. The van der Waals surface area contributed by atoms with E-state index in [1.54, 1.807) is 0 Å². The molecular weight excluding hydrogens is 387 g/mol. The van der Waals surface area contributed by atoms with Gasteiger partial charge < -0.3 is 15.5 Å². The van der Waals surface area contributed by atoms with Crippen LogP contribution >= 0.6 is 24.0 Å². The number of hydrogen-bond acceptors (Lipinski definition) is 2. The van der Waals surface area contributed by atoms with Crippen molar-refractivity contribution < 1.29 is 0 Å². The third-order valence-electron chi connectivity index (χ3n) is 5.05. The second-order valence-corrected chi connectivity index (χ2v) is 7.02. The molecule has 0 spiro atoms. The molecule has 2 rings (SSSR count). The van der Waals surface area contributed by atoms with Crippen molar-refractivity contribution in [1.82, 2.24) is 9.80 Å². The second-order valence-electron chi connectivity index (χ2n) is 7.02. The SMILES string of the molecule is CC1CCCN(C(N)=NCCCCN2CCCCC2C)C1.I. The summed E-state index contributed by atoms with van der Waals surface area (Å²) in [6.07, 6.45) is 9.15. The van der Waals surface area contributed by atoms with Crippen LogP contribution in [0.4, 0.5) is 0 Å². The predicted octanol–water partition coefficient (Wildman–Crippen LogP) is 3.31. The van der Waals surface area contributed by atoms with Gasteiger partial charge in [-0.3, -0.25) is 4.99 Å². The molecule has 0 aliphatic carbocycles. The number of nitrogens with two attached hydrogens (primary N) is 1. The highest BCUT2D eigenvalue weighted by molar-refractivity contribution is 14.0. The highest BCUT2D eigenvalue weighted by atomic mass is 127. The minimum atomic E-state index is 0. The summed E-state index contributed by atoms with van der Waals surface area (Å²) in [4.78, 5) is 9.49. The van der Waals surface area contributed by atoms with E-state index in [9.17, 15) is 0 Å². The Labute approximate surface area is 153 Å². The van der Waals surface area contributed by atoms with E-state index in [0.29, 0.717) is 0 Å². The van der Waals surface area contributed by atoms with Crippen LogP contribution in [0.1, 0.15) is 58.8 Å². The molecule has 0 saturated carbocycles. The minimum Gasteiger partial charge on any atom is -0.370 e. The van der Waals surface area contributed by atoms with Gasteiger partial charge >= 0.3 is 0 Å². The lowest BCUT2D eigenvalue weighted by Crippen LogP contribution is -2.43. The highest BCUT2D eigenvalue weighted by Gasteiger charge is 2.18. The molecule has 2 N–H and O–H groups in total. The van der Waals surface area contributed by atoms with Crippen molar-refractivity contribution in [2.75, 3.05) is 32.7 Å². The molecule has 0 bridgehead atoms. The van der Waals surface area contributed by atoms with Crippen molar-refractivity contribution in [2.45, 2.75) is 64.8 Å². The lowest BCUT2D eigenvalue weighted by Gasteiger charge is -2.33. The summed E-state index contributed by atoms with van der Waals surface area (Å²) in [5.74, 6) is 1.53. The number of likely N-dealkylation sites (tertiary alicyclic amines) is 2.